The molecule has 1 fully saturated rings. The lowest BCUT2D eigenvalue weighted by molar-refractivity contribution is 0.116. The first-order valence-corrected chi connectivity index (χ1v) is 6.25. The first kappa shape index (κ1) is 13.5. The molecule has 0 spiro atoms. The molecule has 0 bridgehead atoms. The summed E-state index contributed by atoms with van der Waals surface area (Å²) in [5.74, 6) is 2.71. The smallest absolute Gasteiger partial charge is 0.0616 e. The van der Waals surface area contributed by atoms with Gasteiger partial charge < -0.3 is 10.1 Å². The van der Waals surface area contributed by atoms with Crippen molar-refractivity contribution in [1.82, 2.24) is 10.2 Å². The third-order valence-corrected chi connectivity index (χ3v) is 2.99. The van der Waals surface area contributed by atoms with Crippen LogP contribution in [0.3, 0.4) is 0 Å². The zero-order valence-electron chi connectivity index (χ0n) is 10.5. The van der Waals surface area contributed by atoms with Crippen molar-refractivity contribution in [3.63, 3.8) is 0 Å². The summed E-state index contributed by atoms with van der Waals surface area (Å²) in [5.41, 5.74) is 0. The highest BCUT2D eigenvalue weighted by molar-refractivity contribution is 4.90. The van der Waals surface area contributed by atoms with Crippen LogP contribution in [0, 0.1) is 12.3 Å². The summed E-state index contributed by atoms with van der Waals surface area (Å²) >= 11 is 0. The van der Waals surface area contributed by atoms with E-state index in [0.29, 0.717) is 12.1 Å². The molecule has 1 saturated heterocycles. The maximum Gasteiger partial charge on any atom is 0.0616 e. The van der Waals surface area contributed by atoms with Gasteiger partial charge in [-0.15, -0.1) is 6.42 Å². The fourth-order valence-corrected chi connectivity index (χ4v) is 2.13. The standard InChI is InChI=1S/C13H24N2O/c1-4-8-15-9-6-13(7-10-15)14-12(3)11-16-5-2/h1,12-14H,5-11H2,2-3H3. The van der Waals surface area contributed by atoms with Crippen molar-refractivity contribution < 1.29 is 4.74 Å². The quantitative estimate of drug-likeness (QED) is 0.684. The molecule has 3 nitrogen and oxygen atoms in total. The number of rotatable bonds is 6. The molecule has 1 rings (SSSR count). The first-order chi connectivity index (χ1) is 7.76. The Morgan fingerprint density at radius 2 is 2.19 bits per heavy atom. The SMILES string of the molecule is C#CCN1CCC(NC(C)COCC)CC1. The van der Waals surface area contributed by atoms with Gasteiger partial charge in [0.15, 0.2) is 0 Å². The number of hydrogen-bond donors (Lipinski definition) is 1. The molecule has 1 unspecified atom stereocenters. The minimum atomic E-state index is 0.448. The van der Waals surface area contributed by atoms with E-state index in [2.05, 4.69) is 23.1 Å². The van der Waals surface area contributed by atoms with Crippen LogP contribution in [0.2, 0.25) is 0 Å². The van der Waals surface area contributed by atoms with Gasteiger partial charge in [0.1, 0.15) is 0 Å². The van der Waals surface area contributed by atoms with E-state index in [1.54, 1.807) is 0 Å². The second-order valence-corrected chi connectivity index (χ2v) is 4.48. The van der Waals surface area contributed by atoms with E-state index in [1.807, 2.05) is 6.92 Å². The van der Waals surface area contributed by atoms with Crippen LogP contribution in [-0.4, -0.2) is 49.8 Å². The average Bonchev–Trinajstić information content (AvgIpc) is 2.29. The lowest BCUT2D eigenvalue weighted by Crippen LogP contribution is -2.46. The van der Waals surface area contributed by atoms with Crippen molar-refractivity contribution in [3.8, 4) is 12.3 Å². The molecular formula is C13H24N2O. The predicted molar refractivity (Wildman–Crippen MR) is 67.4 cm³/mol. The van der Waals surface area contributed by atoms with Crippen LogP contribution < -0.4 is 5.32 Å². The van der Waals surface area contributed by atoms with Crippen molar-refractivity contribution in [1.29, 1.82) is 0 Å². The fraction of sp³-hybridized carbons (Fsp3) is 0.846. The topological polar surface area (TPSA) is 24.5 Å². The molecule has 16 heavy (non-hydrogen) atoms. The van der Waals surface area contributed by atoms with E-state index < -0.39 is 0 Å². The van der Waals surface area contributed by atoms with Gasteiger partial charge in [-0.3, -0.25) is 4.90 Å². The molecule has 1 heterocycles. The van der Waals surface area contributed by atoms with Crippen LogP contribution in [0.25, 0.3) is 0 Å². The Labute approximate surface area is 99.5 Å². The third-order valence-electron chi connectivity index (χ3n) is 2.99. The van der Waals surface area contributed by atoms with Crippen molar-refractivity contribution in [2.75, 3.05) is 32.8 Å². The number of likely N-dealkylation sites (tertiary alicyclic amines) is 1. The lowest BCUT2D eigenvalue weighted by atomic mass is 10.0. The molecule has 92 valence electrons. The molecule has 0 radical (unpaired) electrons. The van der Waals surface area contributed by atoms with Gasteiger partial charge in [0.05, 0.1) is 13.2 Å². The molecule has 0 aromatic rings. The van der Waals surface area contributed by atoms with E-state index in [4.69, 9.17) is 11.2 Å². The molecule has 0 aromatic carbocycles. The van der Waals surface area contributed by atoms with Crippen molar-refractivity contribution in [2.45, 2.75) is 38.8 Å². The normalized spacial score (nSPS) is 20.6. The molecule has 1 atom stereocenters. The van der Waals surface area contributed by atoms with Gasteiger partial charge in [-0.1, -0.05) is 5.92 Å². The minimum Gasteiger partial charge on any atom is -0.380 e. The first-order valence-electron chi connectivity index (χ1n) is 6.25. The van der Waals surface area contributed by atoms with Crippen molar-refractivity contribution >= 4 is 0 Å². The van der Waals surface area contributed by atoms with Crippen LogP contribution in [0.1, 0.15) is 26.7 Å². The van der Waals surface area contributed by atoms with E-state index in [9.17, 15) is 0 Å². The monoisotopic (exact) mass is 224 g/mol. The van der Waals surface area contributed by atoms with E-state index in [-0.39, 0.29) is 0 Å². The number of terminal acetylenes is 1. The molecule has 0 saturated carbocycles. The second kappa shape index (κ2) is 7.67. The Balaban J connectivity index is 2.14. The summed E-state index contributed by atoms with van der Waals surface area (Å²) in [4.78, 5) is 2.34. The Bertz CT molecular complexity index is 216. The van der Waals surface area contributed by atoms with Crippen LogP contribution in [0.5, 0.6) is 0 Å². The Kier molecular flexibility index (Phi) is 6.47. The summed E-state index contributed by atoms with van der Waals surface area (Å²) in [6.45, 7) is 8.84. The molecule has 0 aliphatic carbocycles. The predicted octanol–water partition coefficient (Wildman–Crippen LogP) is 1.10. The maximum atomic E-state index is 5.40. The summed E-state index contributed by atoms with van der Waals surface area (Å²) in [6.07, 6.45) is 7.69. The van der Waals surface area contributed by atoms with Gasteiger partial charge in [-0.25, -0.2) is 0 Å². The summed E-state index contributed by atoms with van der Waals surface area (Å²) in [6, 6.07) is 1.08. The molecular weight excluding hydrogens is 200 g/mol. The lowest BCUT2D eigenvalue weighted by Gasteiger charge is -2.32. The van der Waals surface area contributed by atoms with Gasteiger partial charge in [-0.05, 0) is 26.7 Å². The number of hydrogen-bond acceptors (Lipinski definition) is 3. The molecule has 1 aliphatic heterocycles. The molecule has 0 aromatic heterocycles. The molecule has 1 N–H and O–H groups in total. The van der Waals surface area contributed by atoms with Gasteiger partial charge in [0.2, 0.25) is 0 Å². The van der Waals surface area contributed by atoms with Gasteiger partial charge in [-0.2, -0.15) is 0 Å². The molecule has 0 amide bonds. The summed E-state index contributed by atoms with van der Waals surface area (Å²) < 4.78 is 5.40. The van der Waals surface area contributed by atoms with Crippen LogP contribution in [0.15, 0.2) is 0 Å². The Morgan fingerprint density at radius 3 is 2.75 bits per heavy atom. The number of ether oxygens (including phenoxy) is 1. The van der Waals surface area contributed by atoms with E-state index >= 15 is 0 Å². The van der Waals surface area contributed by atoms with Gasteiger partial charge >= 0.3 is 0 Å². The Hall–Kier alpha value is -0.560. The van der Waals surface area contributed by atoms with Crippen LogP contribution in [-0.2, 0) is 4.74 Å². The Morgan fingerprint density at radius 1 is 1.50 bits per heavy atom. The zero-order chi connectivity index (χ0) is 11.8. The van der Waals surface area contributed by atoms with E-state index in [1.165, 1.54) is 12.8 Å². The largest absolute Gasteiger partial charge is 0.380 e. The van der Waals surface area contributed by atoms with Crippen LogP contribution >= 0.6 is 0 Å². The van der Waals surface area contributed by atoms with Crippen LogP contribution in [0.4, 0.5) is 0 Å². The fourth-order valence-electron chi connectivity index (χ4n) is 2.13. The van der Waals surface area contributed by atoms with E-state index in [0.717, 1.165) is 32.8 Å². The van der Waals surface area contributed by atoms with Gasteiger partial charge in [0, 0.05) is 31.8 Å². The second-order valence-electron chi connectivity index (χ2n) is 4.48. The zero-order valence-corrected chi connectivity index (χ0v) is 10.5. The maximum absolute atomic E-state index is 5.40. The van der Waals surface area contributed by atoms with Gasteiger partial charge in [0.25, 0.3) is 0 Å². The average molecular weight is 224 g/mol. The summed E-state index contributed by atoms with van der Waals surface area (Å²) in [7, 11) is 0. The van der Waals surface area contributed by atoms with Crippen molar-refractivity contribution in [3.05, 3.63) is 0 Å². The number of nitrogens with zero attached hydrogens (tertiary/aromatic N) is 1. The summed E-state index contributed by atoms with van der Waals surface area (Å²) in [5, 5.41) is 3.61. The number of nitrogens with one attached hydrogen (secondary N) is 1. The minimum absolute atomic E-state index is 0.448. The third kappa shape index (κ3) is 4.98. The molecule has 1 aliphatic rings. The number of piperidine rings is 1. The highest BCUT2D eigenvalue weighted by Crippen LogP contribution is 2.10. The van der Waals surface area contributed by atoms with Crippen molar-refractivity contribution in [2.24, 2.45) is 0 Å². The highest BCUT2D eigenvalue weighted by atomic mass is 16.5. The molecule has 3 heteroatoms. The highest BCUT2D eigenvalue weighted by Gasteiger charge is 2.19.